The first kappa shape index (κ1) is 16.7. The Balaban J connectivity index is 4.80. The molecule has 18 heavy (non-hydrogen) atoms. The van der Waals surface area contributed by atoms with Crippen molar-refractivity contribution >= 4 is 11.9 Å². The second kappa shape index (κ2) is 9.68. The van der Waals surface area contributed by atoms with E-state index in [2.05, 4.69) is 0 Å². The molecule has 0 heterocycles. The second-order valence-electron chi connectivity index (χ2n) is 4.48. The first-order valence-electron chi connectivity index (χ1n) is 6.73. The van der Waals surface area contributed by atoms with E-state index >= 15 is 0 Å². The molecule has 0 atom stereocenters. The molecule has 0 saturated heterocycles. The highest BCUT2D eigenvalue weighted by Crippen LogP contribution is 2.19. The predicted octanol–water partition coefficient (Wildman–Crippen LogP) is 3.61. The van der Waals surface area contributed by atoms with E-state index in [0.717, 1.165) is 38.5 Å². The Morgan fingerprint density at radius 1 is 0.722 bits per heavy atom. The van der Waals surface area contributed by atoms with Gasteiger partial charge in [0.05, 0.1) is 0 Å². The smallest absolute Gasteiger partial charge is 0.332 e. The van der Waals surface area contributed by atoms with Crippen LogP contribution in [0.25, 0.3) is 0 Å². The van der Waals surface area contributed by atoms with Gasteiger partial charge in [0.1, 0.15) is 0 Å². The van der Waals surface area contributed by atoms with Gasteiger partial charge in [0.15, 0.2) is 0 Å². The maximum Gasteiger partial charge on any atom is 0.332 e. The first-order chi connectivity index (χ1) is 8.54. The molecule has 0 aromatic heterocycles. The van der Waals surface area contributed by atoms with E-state index in [0.29, 0.717) is 12.8 Å². The molecule has 0 saturated carbocycles. The molecule has 4 heteroatoms. The van der Waals surface area contributed by atoms with E-state index < -0.39 is 11.9 Å². The van der Waals surface area contributed by atoms with E-state index in [4.69, 9.17) is 10.2 Å². The SMILES string of the molecule is CCCCCC(C(=O)O)=C(CCCCC)C(=O)O. The third-order valence-corrected chi connectivity index (χ3v) is 2.94. The quantitative estimate of drug-likeness (QED) is 0.462. The van der Waals surface area contributed by atoms with Gasteiger partial charge in [0.2, 0.25) is 0 Å². The van der Waals surface area contributed by atoms with Gasteiger partial charge in [-0.3, -0.25) is 0 Å². The van der Waals surface area contributed by atoms with Gasteiger partial charge in [0, 0.05) is 11.1 Å². The number of carboxylic acids is 2. The van der Waals surface area contributed by atoms with Crippen molar-refractivity contribution in [1.82, 2.24) is 0 Å². The van der Waals surface area contributed by atoms with E-state index in [1.807, 2.05) is 13.8 Å². The topological polar surface area (TPSA) is 74.6 Å². The predicted molar refractivity (Wildman–Crippen MR) is 70.6 cm³/mol. The summed E-state index contributed by atoms with van der Waals surface area (Å²) in [6.07, 6.45) is 6.03. The van der Waals surface area contributed by atoms with Gasteiger partial charge in [-0.2, -0.15) is 0 Å². The zero-order valence-corrected chi connectivity index (χ0v) is 11.4. The van der Waals surface area contributed by atoms with Crippen LogP contribution >= 0.6 is 0 Å². The average molecular weight is 256 g/mol. The molecule has 4 nitrogen and oxygen atoms in total. The minimum atomic E-state index is -1.08. The Bertz CT molecular complexity index is 275. The molecule has 2 N–H and O–H groups in total. The van der Waals surface area contributed by atoms with Crippen LogP contribution in [0.1, 0.15) is 65.2 Å². The van der Waals surface area contributed by atoms with E-state index in [-0.39, 0.29) is 11.1 Å². The van der Waals surface area contributed by atoms with Crippen LogP contribution in [-0.4, -0.2) is 22.2 Å². The standard InChI is InChI=1S/C14H24O4/c1-3-5-7-9-11(13(15)16)12(14(17)18)10-8-6-4-2/h3-10H2,1-2H3,(H,15,16)(H,17,18). The van der Waals surface area contributed by atoms with Gasteiger partial charge in [-0.15, -0.1) is 0 Å². The van der Waals surface area contributed by atoms with E-state index in [1.54, 1.807) is 0 Å². The molecule has 0 spiro atoms. The molecular formula is C14H24O4. The summed E-state index contributed by atoms with van der Waals surface area (Å²) in [5.41, 5.74) is 0.180. The van der Waals surface area contributed by atoms with Crippen molar-refractivity contribution in [2.45, 2.75) is 65.2 Å². The summed E-state index contributed by atoms with van der Waals surface area (Å²) in [6, 6.07) is 0. The van der Waals surface area contributed by atoms with Gasteiger partial charge in [-0.1, -0.05) is 39.5 Å². The molecule has 0 aromatic rings. The molecule has 0 rings (SSSR count). The maximum absolute atomic E-state index is 11.2. The molecule has 0 unspecified atom stereocenters. The van der Waals surface area contributed by atoms with Crippen LogP contribution in [0.2, 0.25) is 0 Å². The largest absolute Gasteiger partial charge is 0.478 e. The van der Waals surface area contributed by atoms with Crippen molar-refractivity contribution in [3.63, 3.8) is 0 Å². The van der Waals surface area contributed by atoms with Crippen LogP contribution in [-0.2, 0) is 9.59 Å². The molecule has 0 fully saturated rings. The van der Waals surface area contributed by atoms with E-state index in [1.165, 1.54) is 0 Å². The molecule has 0 aliphatic carbocycles. The van der Waals surface area contributed by atoms with Gasteiger partial charge in [-0.25, -0.2) is 9.59 Å². The van der Waals surface area contributed by atoms with Gasteiger partial charge in [0.25, 0.3) is 0 Å². The Hall–Kier alpha value is -1.32. The zero-order valence-electron chi connectivity index (χ0n) is 11.4. The number of unbranched alkanes of at least 4 members (excludes halogenated alkanes) is 4. The average Bonchev–Trinajstić information content (AvgIpc) is 2.31. The fraction of sp³-hybridized carbons (Fsp3) is 0.714. The summed E-state index contributed by atoms with van der Waals surface area (Å²) in [5, 5.41) is 18.3. The highest BCUT2D eigenvalue weighted by molar-refractivity contribution is 5.98. The Morgan fingerprint density at radius 3 is 1.28 bits per heavy atom. The monoisotopic (exact) mass is 256 g/mol. The van der Waals surface area contributed by atoms with Crippen molar-refractivity contribution in [3.8, 4) is 0 Å². The maximum atomic E-state index is 11.2. The molecule has 0 aromatic carbocycles. The summed E-state index contributed by atoms with van der Waals surface area (Å²) in [6.45, 7) is 4.06. The summed E-state index contributed by atoms with van der Waals surface area (Å²) >= 11 is 0. The minimum absolute atomic E-state index is 0.0899. The normalized spacial score (nSPS) is 12.1. The van der Waals surface area contributed by atoms with Crippen LogP contribution in [0.5, 0.6) is 0 Å². The fourth-order valence-electron chi connectivity index (χ4n) is 1.88. The lowest BCUT2D eigenvalue weighted by atomic mass is 9.97. The molecule has 0 aliphatic heterocycles. The van der Waals surface area contributed by atoms with Crippen molar-refractivity contribution in [2.75, 3.05) is 0 Å². The van der Waals surface area contributed by atoms with Crippen molar-refractivity contribution in [2.24, 2.45) is 0 Å². The van der Waals surface area contributed by atoms with E-state index in [9.17, 15) is 9.59 Å². The Kier molecular flexibility index (Phi) is 8.97. The number of aliphatic carboxylic acids is 2. The molecule has 0 bridgehead atoms. The van der Waals surface area contributed by atoms with Crippen LogP contribution in [0.3, 0.4) is 0 Å². The summed E-state index contributed by atoms with van der Waals surface area (Å²) in [5.74, 6) is -2.17. The molecule has 0 radical (unpaired) electrons. The van der Waals surface area contributed by atoms with Crippen LogP contribution in [0.15, 0.2) is 11.1 Å². The molecule has 104 valence electrons. The summed E-state index contributed by atoms with van der Waals surface area (Å²) in [7, 11) is 0. The number of rotatable bonds is 10. The third kappa shape index (κ3) is 6.42. The number of hydrogen-bond acceptors (Lipinski definition) is 2. The number of carboxylic acid groups (broad SMARTS) is 2. The van der Waals surface area contributed by atoms with Gasteiger partial charge < -0.3 is 10.2 Å². The lowest BCUT2D eigenvalue weighted by Crippen LogP contribution is -2.12. The Morgan fingerprint density at radius 2 is 1.06 bits per heavy atom. The van der Waals surface area contributed by atoms with Gasteiger partial charge in [-0.05, 0) is 25.7 Å². The second-order valence-corrected chi connectivity index (χ2v) is 4.48. The minimum Gasteiger partial charge on any atom is -0.478 e. The highest BCUT2D eigenvalue weighted by atomic mass is 16.4. The summed E-state index contributed by atoms with van der Waals surface area (Å²) in [4.78, 5) is 22.3. The lowest BCUT2D eigenvalue weighted by Gasteiger charge is -2.08. The van der Waals surface area contributed by atoms with Crippen LogP contribution < -0.4 is 0 Å². The van der Waals surface area contributed by atoms with Crippen molar-refractivity contribution in [3.05, 3.63) is 11.1 Å². The number of hydrogen-bond donors (Lipinski definition) is 2. The fourth-order valence-corrected chi connectivity index (χ4v) is 1.88. The van der Waals surface area contributed by atoms with Gasteiger partial charge >= 0.3 is 11.9 Å². The number of carbonyl (C=O) groups is 2. The Labute approximate surface area is 109 Å². The first-order valence-corrected chi connectivity index (χ1v) is 6.73. The van der Waals surface area contributed by atoms with Crippen molar-refractivity contribution in [1.29, 1.82) is 0 Å². The van der Waals surface area contributed by atoms with Crippen LogP contribution in [0, 0.1) is 0 Å². The third-order valence-electron chi connectivity index (χ3n) is 2.94. The van der Waals surface area contributed by atoms with Crippen LogP contribution in [0.4, 0.5) is 0 Å². The van der Waals surface area contributed by atoms with Crippen molar-refractivity contribution < 1.29 is 19.8 Å². The lowest BCUT2D eigenvalue weighted by molar-refractivity contribution is -0.136. The molecule has 0 aliphatic rings. The summed E-state index contributed by atoms with van der Waals surface area (Å²) < 4.78 is 0. The molecule has 0 amide bonds. The molecular weight excluding hydrogens is 232 g/mol. The highest BCUT2D eigenvalue weighted by Gasteiger charge is 2.19. The zero-order chi connectivity index (χ0) is 14.0.